The number of hydrogen-bond donors (Lipinski definition) is 1. The summed E-state index contributed by atoms with van der Waals surface area (Å²) in [6.07, 6.45) is -0.882. The zero-order chi connectivity index (χ0) is 22.0. The Balaban J connectivity index is 1.65. The van der Waals surface area contributed by atoms with Crippen LogP contribution in [0.5, 0.6) is 5.75 Å². The predicted octanol–water partition coefficient (Wildman–Crippen LogP) is 5.54. The van der Waals surface area contributed by atoms with Crippen LogP contribution in [-0.2, 0) is 6.54 Å². The Morgan fingerprint density at radius 3 is 2.55 bits per heavy atom. The molecule has 8 heteroatoms. The van der Waals surface area contributed by atoms with E-state index in [1.807, 2.05) is 24.3 Å². The molecule has 31 heavy (non-hydrogen) atoms. The van der Waals surface area contributed by atoms with Gasteiger partial charge in [0.1, 0.15) is 5.75 Å². The molecule has 0 fully saturated rings. The molecule has 2 heterocycles. The van der Waals surface area contributed by atoms with Gasteiger partial charge in [-0.05, 0) is 35.9 Å². The molecule has 0 saturated carbocycles. The molecule has 4 nitrogen and oxygen atoms in total. The summed E-state index contributed by atoms with van der Waals surface area (Å²) in [5.41, 5.74) is 1.95. The van der Waals surface area contributed by atoms with Crippen molar-refractivity contribution in [2.75, 3.05) is 13.7 Å². The topological polar surface area (TPSA) is 36.9 Å². The number of hydrogen-bond acceptors (Lipinski definition) is 4. The van der Waals surface area contributed by atoms with E-state index in [0.717, 1.165) is 23.5 Å². The number of alkyl halides is 3. The number of ether oxygens (including phenoxy) is 1. The summed E-state index contributed by atoms with van der Waals surface area (Å²) >= 11 is 6.33. The van der Waals surface area contributed by atoms with E-state index in [1.54, 1.807) is 36.3 Å². The molecule has 0 unspecified atom stereocenters. The fourth-order valence-electron chi connectivity index (χ4n) is 3.40. The first-order valence-corrected chi connectivity index (χ1v) is 9.90. The van der Waals surface area contributed by atoms with E-state index in [-0.39, 0.29) is 6.54 Å². The second-order valence-electron chi connectivity index (χ2n) is 6.97. The molecule has 160 valence electrons. The lowest BCUT2D eigenvalue weighted by molar-refractivity contribution is -0.0885. The van der Waals surface area contributed by atoms with Gasteiger partial charge in [0.05, 0.1) is 24.9 Å². The molecular formula is C23H19ClF3N3O. The first-order valence-electron chi connectivity index (χ1n) is 9.52. The standard InChI is InChI=1S/C23H19ClF3N3O/c1-31-17-8-6-15(7-9-17)13-28-22-29-14-19(18-4-2-3-5-20(18)24)21-12-16(23(25,26)27)10-11-30(21)22/h2-12H,13-14H2,1H3,(H,28,29). The monoisotopic (exact) mass is 445 g/mol. The van der Waals surface area contributed by atoms with Crippen molar-refractivity contribution in [2.24, 2.45) is 4.99 Å². The summed E-state index contributed by atoms with van der Waals surface area (Å²) < 4.78 is 45.3. The second-order valence-corrected chi connectivity index (χ2v) is 7.38. The van der Waals surface area contributed by atoms with Crippen LogP contribution in [0.4, 0.5) is 13.2 Å². The smallest absolute Gasteiger partial charge is 0.416 e. The summed E-state index contributed by atoms with van der Waals surface area (Å²) in [5.74, 6) is 1.22. The third-order valence-electron chi connectivity index (χ3n) is 5.02. The molecule has 0 spiro atoms. The molecule has 2 aromatic carbocycles. The van der Waals surface area contributed by atoms with Gasteiger partial charge in [0.2, 0.25) is 5.96 Å². The van der Waals surface area contributed by atoms with Crippen molar-refractivity contribution < 1.29 is 17.9 Å². The molecule has 0 bridgehead atoms. The molecule has 0 aliphatic carbocycles. The Morgan fingerprint density at radius 1 is 1.13 bits per heavy atom. The minimum atomic E-state index is -4.45. The minimum Gasteiger partial charge on any atom is -0.497 e. The van der Waals surface area contributed by atoms with Crippen LogP contribution in [-0.4, -0.2) is 30.7 Å². The number of guanidine groups is 1. The molecule has 0 atom stereocenters. The van der Waals surface area contributed by atoms with E-state index in [1.165, 1.54) is 6.20 Å². The van der Waals surface area contributed by atoms with Crippen molar-refractivity contribution >= 4 is 23.1 Å². The highest BCUT2D eigenvalue weighted by Crippen LogP contribution is 2.37. The van der Waals surface area contributed by atoms with Gasteiger partial charge in [-0.25, -0.2) is 4.99 Å². The molecule has 0 saturated heterocycles. The average Bonchev–Trinajstić information content (AvgIpc) is 2.77. The Morgan fingerprint density at radius 2 is 1.87 bits per heavy atom. The van der Waals surface area contributed by atoms with E-state index in [9.17, 15) is 13.2 Å². The highest BCUT2D eigenvalue weighted by molar-refractivity contribution is 6.32. The molecule has 2 aliphatic heterocycles. The van der Waals surface area contributed by atoms with Crippen LogP contribution in [0, 0.1) is 0 Å². The zero-order valence-corrected chi connectivity index (χ0v) is 17.3. The number of halogens is 4. The fraction of sp³-hybridized carbons (Fsp3) is 0.174. The highest BCUT2D eigenvalue weighted by Gasteiger charge is 2.36. The number of benzene rings is 2. The third kappa shape index (κ3) is 4.46. The Kier molecular flexibility index (Phi) is 5.78. The van der Waals surface area contributed by atoms with Gasteiger partial charge in [0.25, 0.3) is 0 Å². The number of fused-ring (bicyclic) bond motifs is 1. The van der Waals surface area contributed by atoms with E-state index in [2.05, 4.69) is 10.3 Å². The molecule has 2 aromatic rings. The largest absolute Gasteiger partial charge is 0.497 e. The second kappa shape index (κ2) is 8.51. The fourth-order valence-corrected chi connectivity index (χ4v) is 3.65. The summed E-state index contributed by atoms with van der Waals surface area (Å²) in [6, 6.07) is 14.6. The maximum absolute atomic E-state index is 13.4. The minimum absolute atomic E-state index is 0.204. The lowest BCUT2D eigenvalue weighted by Crippen LogP contribution is -2.41. The van der Waals surface area contributed by atoms with E-state index < -0.39 is 11.7 Å². The van der Waals surface area contributed by atoms with Gasteiger partial charge in [-0.3, -0.25) is 4.90 Å². The number of rotatable bonds is 4. The van der Waals surface area contributed by atoms with Crippen LogP contribution in [0.15, 0.2) is 83.1 Å². The Labute approximate surface area is 183 Å². The molecule has 0 aromatic heterocycles. The van der Waals surface area contributed by atoms with E-state index >= 15 is 0 Å². The zero-order valence-electron chi connectivity index (χ0n) is 16.6. The van der Waals surface area contributed by atoms with Crippen molar-refractivity contribution in [1.29, 1.82) is 0 Å². The van der Waals surface area contributed by atoms with Crippen LogP contribution in [0.3, 0.4) is 0 Å². The SMILES string of the molecule is COc1ccc(CNC2=NCC(c3ccccc3Cl)=C3C=C(C(F)(F)F)C=CN23)cc1. The number of aliphatic imine (C=N–C) groups is 1. The van der Waals surface area contributed by atoms with Crippen LogP contribution < -0.4 is 10.1 Å². The van der Waals surface area contributed by atoms with Crippen molar-refractivity contribution in [3.8, 4) is 5.75 Å². The van der Waals surface area contributed by atoms with Crippen LogP contribution >= 0.6 is 11.6 Å². The summed E-state index contributed by atoms with van der Waals surface area (Å²) in [6.45, 7) is 0.660. The van der Waals surface area contributed by atoms with Gasteiger partial charge < -0.3 is 10.1 Å². The summed E-state index contributed by atoms with van der Waals surface area (Å²) in [4.78, 5) is 6.20. The van der Waals surface area contributed by atoms with Crippen LogP contribution in [0.25, 0.3) is 5.57 Å². The number of allylic oxidation sites excluding steroid dienone is 3. The number of nitrogens with one attached hydrogen (secondary N) is 1. The van der Waals surface area contributed by atoms with Crippen molar-refractivity contribution in [3.63, 3.8) is 0 Å². The van der Waals surface area contributed by atoms with Gasteiger partial charge >= 0.3 is 6.18 Å². The number of methoxy groups -OCH3 is 1. The van der Waals surface area contributed by atoms with E-state index in [0.29, 0.717) is 34.4 Å². The molecular weight excluding hydrogens is 427 g/mol. The Bertz CT molecular complexity index is 1100. The molecule has 0 radical (unpaired) electrons. The highest BCUT2D eigenvalue weighted by atomic mass is 35.5. The van der Waals surface area contributed by atoms with Crippen molar-refractivity contribution in [2.45, 2.75) is 12.7 Å². The molecule has 0 amide bonds. The van der Waals surface area contributed by atoms with Crippen molar-refractivity contribution in [3.05, 3.63) is 94.3 Å². The van der Waals surface area contributed by atoms with Gasteiger partial charge in [-0.2, -0.15) is 13.2 Å². The van der Waals surface area contributed by atoms with Crippen LogP contribution in [0.1, 0.15) is 11.1 Å². The normalized spacial score (nSPS) is 16.0. The first-order chi connectivity index (χ1) is 14.9. The predicted molar refractivity (Wildman–Crippen MR) is 116 cm³/mol. The van der Waals surface area contributed by atoms with Gasteiger partial charge in [-0.1, -0.05) is 41.9 Å². The third-order valence-corrected chi connectivity index (χ3v) is 5.34. The van der Waals surface area contributed by atoms with Gasteiger partial charge in [-0.15, -0.1) is 0 Å². The summed E-state index contributed by atoms with van der Waals surface area (Å²) in [5, 5.41) is 3.69. The van der Waals surface area contributed by atoms with E-state index in [4.69, 9.17) is 16.3 Å². The molecule has 2 aliphatic rings. The van der Waals surface area contributed by atoms with Gasteiger partial charge in [0.15, 0.2) is 0 Å². The quantitative estimate of drug-likeness (QED) is 0.671. The maximum Gasteiger partial charge on any atom is 0.416 e. The average molecular weight is 446 g/mol. The van der Waals surface area contributed by atoms with Crippen molar-refractivity contribution in [1.82, 2.24) is 10.2 Å². The first kappa shape index (κ1) is 21.1. The maximum atomic E-state index is 13.4. The lowest BCUT2D eigenvalue weighted by atomic mass is 9.98. The van der Waals surface area contributed by atoms with Crippen LogP contribution in [0.2, 0.25) is 5.02 Å². The van der Waals surface area contributed by atoms with Gasteiger partial charge in [0, 0.05) is 28.9 Å². The molecule has 4 rings (SSSR count). The molecule has 1 N–H and O–H groups in total. The number of nitrogens with zero attached hydrogens (tertiary/aromatic N) is 2. The lowest BCUT2D eigenvalue weighted by Gasteiger charge is -2.33. The summed E-state index contributed by atoms with van der Waals surface area (Å²) in [7, 11) is 1.60. The Hall–Kier alpha value is -3.19.